The number of carbonyl (C=O) groups is 1. The summed E-state index contributed by atoms with van der Waals surface area (Å²) in [6, 6.07) is 17.9. The summed E-state index contributed by atoms with van der Waals surface area (Å²) in [5, 5.41) is 8.83. The zero-order chi connectivity index (χ0) is 20.1. The van der Waals surface area contributed by atoms with Crippen molar-refractivity contribution in [3.05, 3.63) is 96.2 Å². The van der Waals surface area contributed by atoms with E-state index in [4.69, 9.17) is 5.10 Å². The fourth-order valence-electron chi connectivity index (χ4n) is 2.85. The topological polar surface area (TPSA) is 85.1 Å². The van der Waals surface area contributed by atoms with Crippen LogP contribution in [0.1, 0.15) is 21.6 Å². The van der Waals surface area contributed by atoms with Crippen LogP contribution >= 0.6 is 0 Å². The Kier molecular flexibility index (Phi) is 5.20. The molecule has 0 fully saturated rings. The maximum absolute atomic E-state index is 12.1. The highest BCUT2D eigenvalue weighted by Crippen LogP contribution is 2.23. The molecule has 1 amide bonds. The monoisotopic (exact) mass is 382 g/mol. The lowest BCUT2D eigenvalue weighted by atomic mass is 10.1. The predicted molar refractivity (Wildman–Crippen MR) is 111 cm³/mol. The molecule has 0 unspecified atom stereocenters. The molecule has 29 heavy (non-hydrogen) atoms. The van der Waals surface area contributed by atoms with Crippen molar-refractivity contribution in [2.45, 2.75) is 6.92 Å². The Balaban J connectivity index is 1.66. The van der Waals surface area contributed by atoms with Crippen LogP contribution in [-0.4, -0.2) is 31.9 Å². The smallest absolute Gasteiger partial charge is 0.265 e. The van der Waals surface area contributed by atoms with Crippen LogP contribution < -0.4 is 5.43 Å². The second kappa shape index (κ2) is 8.26. The molecule has 0 aliphatic rings. The van der Waals surface area contributed by atoms with Crippen LogP contribution in [0.15, 0.2) is 84.5 Å². The highest BCUT2D eigenvalue weighted by Gasteiger charge is 2.12. The number of nitrogens with one attached hydrogen (secondary N) is 1. The van der Waals surface area contributed by atoms with E-state index in [1.165, 1.54) is 18.6 Å². The van der Waals surface area contributed by atoms with Crippen molar-refractivity contribution in [3.63, 3.8) is 0 Å². The van der Waals surface area contributed by atoms with E-state index in [1.54, 1.807) is 10.9 Å². The van der Waals surface area contributed by atoms with Gasteiger partial charge in [-0.2, -0.15) is 10.2 Å². The van der Waals surface area contributed by atoms with Gasteiger partial charge in [-0.3, -0.25) is 9.78 Å². The number of hydrogen-bond donors (Lipinski definition) is 1. The Morgan fingerprint density at radius 1 is 1.10 bits per heavy atom. The standard InChI is InChI=1S/C22H18N6O/c1-16-6-5-7-17(12-16)21-18(15-28(27-21)19-8-3-2-4-9-19)13-25-26-22(29)20-14-23-10-11-24-20/h2-15H,1H3,(H,26,29)/b25-13+. The van der Waals surface area contributed by atoms with E-state index in [2.05, 4.69) is 26.6 Å². The largest absolute Gasteiger partial charge is 0.291 e. The lowest BCUT2D eigenvalue weighted by Gasteiger charge is -2.01. The number of para-hydroxylation sites is 1. The molecule has 142 valence electrons. The first-order valence-electron chi connectivity index (χ1n) is 9.02. The Morgan fingerprint density at radius 2 is 1.97 bits per heavy atom. The van der Waals surface area contributed by atoms with Crippen LogP contribution in [0.25, 0.3) is 16.9 Å². The molecular weight excluding hydrogens is 364 g/mol. The summed E-state index contributed by atoms with van der Waals surface area (Å²) in [4.78, 5) is 20.0. The molecule has 0 bridgehead atoms. The molecule has 0 aliphatic heterocycles. The zero-order valence-electron chi connectivity index (χ0n) is 15.7. The molecule has 0 atom stereocenters. The van der Waals surface area contributed by atoms with Gasteiger partial charge in [-0.25, -0.2) is 15.1 Å². The third kappa shape index (κ3) is 4.24. The number of benzene rings is 2. The van der Waals surface area contributed by atoms with Crippen LogP contribution in [0.3, 0.4) is 0 Å². The van der Waals surface area contributed by atoms with Gasteiger partial charge in [-0.05, 0) is 25.1 Å². The molecule has 0 saturated heterocycles. The van der Waals surface area contributed by atoms with Gasteiger partial charge in [0, 0.05) is 29.7 Å². The van der Waals surface area contributed by atoms with E-state index in [1.807, 2.05) is 61.7 Å². The van der Waals surface area contributed by atoms with Gasteiger partial charge in [0.25, 0.3) is 5.91 Å². The third-order valence-corrected chi connectivity index (χ3v) is 4.22. The molecule has 0 spiro atoms. The maximum Gasteiger partial charge on any atom is 0.291 e. The molecule has 0 radical (unpaired) electrons. The van der Waals surface area contributed by atoms with Crippen LogP contribution in [-0.2, 0) is 0 Å². The summed E-state index contributed by atoms with van der Waals surface area (Å²) >= 11 is 0. The van der Waals surface area contributed by atoms with Gasteiger partial charge >= 0.3 is 0 Å². The molecule has 2 aromatic carbocycles. The number of carbonyl (C=O) groups excluding carboxylic acids is 1. The van der Waals surface area contributed by atoms with Gasteiger partial charge in [-0.1, -0.05) is 42.0 Å². The van der Waals surface area contributed by atoms with Crippen molar-refractivity contribution in [1.82, 2.24) is 25.2 Å². The van der Waals surface area contributed by atoms with Crippen LogP contribution in [0.2, 0.25) is 0 Å². The summed E-state index contributed by atoms with van der Waals surface area (Å²) in [6.45, 7) is 2.03. The van der Waals surface area contributed by atoms with Crippen molar-refractivity contribution in [2.75, 3.05) is 0 Å². The highest BCUT2D eigenvalue weighted by molar-refractivity contribution is 5.94. The minimum absolute atomic E-state index is 0.198. The Morgan fingerprint density at radius 3 is 2.72 bits per heavy atom. The molecule has 7 nitrogen and oxygen atoms in total. The van der Waals surface area contributed by atoms with E-state index in [0.29, 0.717) is 0 Å². The fourth-order valence-corrected chi connectivity index (χ4v) is 2.85. The minimum atomic E-state index is -0.429. The zero-order valence-corrected chi connectivity index (χ0v) is 15.7. The number of rotatable bonds is 5. The third-order valence-electron chi connectivity index (χ3n) is 4.22. The molecule has 7 heteroatoms. The molecule has 1 N–H and O–H groups in total. The Hall–Kier alpha value is -4.13. The summed E-state index contributed by atoms with van der Waals surface area (Å²) in [6.07, 6.45) is 7.81. The minimum Gasteiger partial charge on any atom is -0.265 e. The molecule has 0 saturated carbocycles. The summed E-state index contributed by atoms with van der Waals surface area (Å²) < 4.78 is 1.80. The van der Waals surface area contributed by atoms with Gasteiger partial charge in [0.05, 0.1) is 18.1 Å². The van der Waals surface area contributed by atoms with Crippen molar-refractivity contribution in [2.24, 2.45) is 5.10 Å². The van der Waals surface area contributed by atoms with Gasteiger partial charge in [0.1, 0.15) is 11.4 Å². The first kappa shape index (κ1) is 18.2. The van der Waals surface area contributed by atoms with E-state index in [0.717, 1.165) is 28.1 Å². The quantitative estimate of drug-likeness (QED) is 0.423. The summed E-state index contributed by atoms with van der Waals surface area (Å²) in [7, 11) is 0. The Labute approximate surface area is 167 Å². The SMILES string of the molecule is Cc1cccc(-c2nn(-c3ccccc3)cc2/C=N/NC(=O)c2cnccn2)c1. The molecule has 2 heterocycles. The first-order valence-corrected chi connectivity index (χ1v) is 9.02. The average molecular weight is 382 g/mol. The number of aryl methyl sites for hydroxylation is 1. The van der Waals surface area contributed by atoms with Gasteiger partial charge in [0.15, 0.2) is 0 Å². The number of hydrogen-bond acceptors (Lipinski definition) is 5. The van der Waals surface area contributed by atoms with E-state index >= 15 is 0 Å². The van der Waals surface area contributed by atoms with E-state index in [-0.39, 0.29) is 5.69 Å². The number of amides is 1. The van der Waals surface area contributed by atoms with E-state index < -0.39 is 5.91 Å². The van der Waals surface area contributed by atoms with Crippen molar-refractivity contribution < 1.29 is 4.79 Å². The van der Waals surface area contributed by atoms with E-state index in [9.17, 15) is 4.79 Å². The Bertz CT molecular complexity index is 1150. The lowest BCUT2D eigenvalue weighted by Crippen LogP contribution is -2.19. The fraction of sp³-hybridized carbons (Fsp3) is 0.0455. The molecular formula is C22H18N6O. The molecule has 4 aromatic rings. The predicted octanol–water partition coefficient (Wildman–Crippen LogP) is 3.40. The second-order valence-corrected chi connectivity index (χ2v) is 6.37. The normalized spacial score (nSPS) is 10.9. The molecule has 0 aliphatic carbocycles. The molecule has 2 aromatic heterocycles. The summed E-state index contributed by atoms with van der Waals surface area (Å²) in [5.74, 6) is -0.429. The highest BCUT2D eigenvalue weighted by atomic mass is 16.2. The van der Waals surface area contributed by atoms with Gasteiger partial charge in [0.2, 0.25) is 0 Å². The van der Waals surface area contributed by atoms with Crippen molar-refractivity contribution in [1.29, 1.82) is 0 Å². The van der Waals surface area contributed by atoms with Crippen LogP contribution in [0.5, 0.6) is 0 Å². The van der Waals surface area contributed by atoms with Crippen LogP contribution in [0, 0.1) is 6.92 Å². The second-order valence-electron chi connectivity index (χ2n) is 6.37. The maximum atomic E-state index is 12.1. The van der Waals surface area contributed by atoms with Crippen molar-refractivity contribution in [3.8, 4) is 16.9 Å². The van der Waals surface area contributed by atoms with Crippen LogP contribution in [0.4, 0.5) is 0 Å². The average Bonchev–Trinajstić information content (AvgIpc) is 3.19. The van der Waals surface area contributed by atoms with Gasteiger partial charge in [-0.15, -0.1) is 0 Å². The number of hydrazone groups is 1. The summed E-state index contributed by atoms with van der Waals surface area (Å²) in [5.41, 5.74) is 7.27. The number of aromatic nitrogens is 4. The molecule has 4 rings (SSSR count). The van der Waals surface area contributed by atoms with Gasteiger partial charge < -0.3 is 0 Å². The number of nitrogens with zero attached hydrogens (tertiary/aromatic N) is 5. The van der Waals surface area contributed by atoms with Crippen molar-refractivity contribution >= 4 is 12.1 Å². The lowest BCUT2D eigenvalue weighted by molar-refractivity contribution is 0.0949. The first-order chi connectivity index (χ1) is 14.2.